The van der Waals surface area contributed by atoms with E-state index in [-0.39, 0.29) is 23.5 Å². The number of hydrogen-bond acceptors (Lipinski definition) is 5. The molecule has 0 aromatic heterocycles. The minimum atomic E-state index is -4.27. The Bertz CT molecular complexity index is 1790. The molecule has 4 rings (SSSR count). The fraction of sp³-hybridized carbons (Fsp3) is 0.297. The second-order valence-electron chi connectivity index (χ2n) is 12.4. The predicted octanol–water partition coefficient (Wildman–Crippen LogP) is 7.45. The molecule has 0 saturated carbocycles. The van der Waals surface area contributed by atoms with E-state index in [0.717, 1.165) is 15.4 Å². The van der Waals surface area contributed by atoms with Crippen molar-refractivity contribution in [2.45, 2.75) is 64.1 Å². The molecule has 254 valence electrons. The minimum Gasteiger partial charge on any atom is -0.494 e. The molecule has 0 fully saturated rings. The van der Waals surface area contributed by atoms with Crippen molar-refractivity contribution in [3.63, 3.8) is 0 Å². The van der Waals surface area contributed by atoms with Gasteiger partial charge in [-0.2, -0.15) is 0 Å². The quantitative estimate of drug-likeness (QED) is 0.156. The molecule has 4 aromatic rings. The first-order chi connectivity index (χ1) is 22.7. The highest BCUT2D eigenvalue weighted by Gasteiger charge is 2.36. The molecule has 0 heterocycles. The smallest absolute Gasteiger partial charge is 0.264 e. The molecule has 0 aliphatic carbocycles. The zero-order valence-electron chi connectivity index (χ0n) is 27.7. The first kappa shape index (κ1) is 36.8. The van der Waals surface area contributed by atoms with Crippen LogP contribution in [0.4, 0.5) is 5.69 Å². The van der Waals surface area contributed by atoms with Gasteiger partial charge in [0, 0.05) is 34.1 Å². The van der Waals surface area contributed by atoms with Crippen LogP contribution in [-0.2, 0) is 32.6 Å². The molecule has 2 amide bonds. The maximum Gasteiger partial charge on any atom is 0.264 e. The molecule has 1 atom stereocenters. The Morgan fingerprint density at radius 3 is 2.02 bits per heavy atom. The van der Waals surface area contributed by atoms with Gasteiger partial charge in [0.25, 0.3) is 10.0 Å². The molecular formula is C37H41Cl2N3O5S. The predicted molar refractivity (Wildman–Crippen MR) is 192 cm³/mol. The summed E-state index contributed by atoms with van der Waals surface area (Å²) in [6, 6.07) is 26.2. The van der Waals surface area contributed by atoms with Crippen molar-refractivity contribution in [3.8, 4) is 5.75 Å². The molecule has 8 nitrogen and oxygen atoms in total. The number of benzene rings is 4. The van der Waals surface area contributed by atoms with E-state index in [1.165, 1.54) is 17.0 Å². The van der Waals surface area contributed by atoms with E-state index in [4.69, 9.17) is 27.9 Å². The SMILES string of the molecule is CCOc1ccc(S(=O)(=O)N(CC(=O)N(Cc2c(Cl)cccc2Cl)[C@H](Cc2ccccc2)C(=O)NC(C)(C)C)c2ccc(C)cc2)cc1. The normalized spacial score (nSPS) is 12.2. The van der Waals surface area contributed by atoms with Crippen molar-refractivity contribution in [1.29, 1.82) is 0 Å². The monoisotopic (exact) mass is 709 g/mol. The summed E-state index contributed by atoms with van der Waals surface area (Å²) >= 11 is 13.2. The van der Waals surface area contributed by atoms with Crippen LogP contribution in [0.1, 0.15) is 44.4 Å². The lowest BCUT2D eigenvalue weighted by Gasteiger charge is -2.35. The van der Waals surface area contributed by atoms with Crippen molar-refractivity contribution in [2.24, 2.45) is 0 Å². The van der Waals surface area contributed by atoms with Crippen LogP contribution in [0.25, 0.3) is 0 Å². The maximum atomic E-state index is 14.7. The van der Waals surface area contributed by atoms with Gasteiger partial charge in [-0.15, -0.1) is 0 Å². The molecule has 0 spiro atoms. The number of nitrogens with zero attached hydrogens (tertiary/aromatic N) is 2. The van der Waals surface area contributed by atoms with Crippen LogP contribution < -0.4 is 14.4 Å². The highest BCUT2D eigenvalue weighted by atomic mass is 35.5. The molecule has 4 aromatic carbocycles. The van der Waals surface area contributed by atoms with Crippen LogP contribution in [0, 0.1) is 6.92 Å². The Morgan fingerprint density at radius 1 is 0.854 bits per heavy atom. The standard InChI is InChI=1S/C37H41Cl2N3O5S/c1-6-47-29-19-21-30(22-20-29)48(45,46)42(28-17-15-26(2)16-18-28)25-35(43)41(24-31-32(38)13-10-14-33(31)39)34(36(44)40-37(3,4)5)23-27-11-8-7-9-12-27/h7-22,34H,6,23-25H2,1-5H3,(H,40,44)/t34-/m1/s1. The van der Waals surface area contributed by atoms with Gasteiger partial charge in [0.05, 0.1) is 17.2 Å². The number of nitrogens with one attached hydrogen (secondary N) is 1. The van der Waals surface area contributed by atoms with Gasteiger partial charge in [-0.05, 0) is 88.7 Å². The van der Waals surface area contributed by atoms with Crippen molar-refractivity contribution in [3.05, 3.63) is 124 Å². The largest absolute Gasteiger partial charge is 0.494 e. The van der Waals surface area contributed by atoms with Crippen molar-refractivity contribution in [2.75, 3.05) is 17.5 Å². The summed E-state index contributed by atoms with van der Waals surface area (Å²) in [4.78, 5) is 30.1. The second-order valence-corrected chi connectivity index (χ2v) is 15.1. The van der Waals surface area contributed by atoms with Gasteiger partial charge in [0.15, 0.2) is 0 Å². The van der Waals surface area contributed by atoms with E-state index in [1.54, 1.807) is 54.6 Å². The number of rotatable bonds is 13. The van der Waals surface area contributed by atoms with Gasteiger partial charge >= 0.3 is 0 Å². The highest BCUT2D eigenvalue weighted by Crippen LogP contribution is 2.30. The van der Waals surface area contributed by atoms with Gasteiger partial charge in [0.1, 0.15) is 18.3 Å². The van der Waals surface area contributed by atoms with Crippen molar-refractivity contribution >= 4 is 50.7 Å². The first-order valence-corrected chi connectivity index (χ1v) is 17.8. The van der Waals surface area contributed by atoms with Gasteiger partial charge in [-0.25, -0.2) is 8.42 Å². The number of aryl methyl sites for hydroxylation is 1. The Hall–Kier alpha value is -4.05. The average Bonchev–Trinajstić information content (AvgIpc) is 3.03. The van der Waals surface area contributed by atoms with Crippen LogP contribution in [0.15, 0.2) is 102 Å². The van der Waals surface area contributed by atoms with Crippen LogP contribution >= 0.6 is 23.2 Å². The summed E-state index contributed by atoms with van der Waals surface area (Å²) in [6.45, 7) is 8.96. The third-order valence-corrected chi connectivity index (χ3v) is 9.98. The number of hydrogen-bond donors (Lipinski definition) is 1. The molecule has 0 aliphatic heterocycles. The summed E-state index contributed by atoms with van der Waals surface area (Å²) in [6.07, 6.45) is 0.159. The molecule has 11 heteroatoms. The lowest BCUT2D eigenvalue weighted by molar-refractivity contribution is -0.140. The van der Waals surface area contributed by atoms with E-state index in [0.29, 0.717) is 28.0 Å². The highest BCUT2D eigenvalue weighted by molar-refractivity contribution is 7.92. The molecule has 0 aliphatic rings. The fourth-order valence-corrected chi connectivity index (χ4v) is 7.03. The van der Waals surface area contributed by atoms with Gasteiger partial charge in [-0.1, -0.05) is 77.3 Å². The topological polar surface area (TPSA) is 96.0 Å². The fourth-order valence-electron chi connectivity index (χ4n) is 5.10. The summed E-state index contributed by atoms with van der Waals surface area (Å²) in [5.41, 5.74) is 1.84. The number of halogens is 2. The zero-order chi connectivity index (χ0) is 35.1. The van der Waals surface area contributed by atoms with Crippen LogP contribution in [0.5, 0.6) is 5.75 Å². The molecule has 0 bridgehead atoms. The third-order valence-electron chi connectivity index (χ3n) is 7.48. The summed E-state index contributed by atoms with van der Waals surface area (Å²) in [7, 11) is -4.27. The van der Waals surface area contributed by atoms with E-state index >= 15 is 0 Å². The molecular weight excluding hydrogens is 669 g/mol. The minimum absolute atomic E-state index is 0.0219. The molecule has 0 unspecified atom stereocenters. The Morgan fingerprint density at radius 2 is 1.46 bits per heavy atom. The summed E-state index contributed by atoms with van der Waals surface area (Å²) in [5, 5.41) is 3.64. The number of sulfonamides is 1. The number of ether oxygens (including phenoxy) is 1. The van der Waals surface area contributed by atoms with Crippen molar-refractivity contribution < 1.29 is 22.7 Å². The van der Waals surface area contributed by atoms with Crippen molar-refractivity contribution in [1.82, 2.24) is 10.2 Å². The Kier molecular flexibility index (Phi) is 12.2. The van der Waals surface area contributed by atoms with Crippen LogP contribution in [-0.4, -0.2) is 49.9 Å². The molecule has 48 heavy (non-hydrogen) atoms. The van der Waals surface area contributed by atoms with Gasteiger partial charge in [-0.3, -0.25) is 13.9 Å². The van der Waals surface area contributed by atoms with E-state index in [9.17, 15) is 18.0 Å². The lowest BCUT2D eigenvalue weighted by atomic mass is 10.0. The van der Waals surface area contributed by atoms with Crippen LogP contribution in [0.2, 0.25) is 10.0 Å². The number of carbonyl (C=O) groups excluding carboxylic acids is 2. The maximum absolute atomic E-state index is 14.7. The van der Waals surface area contributed by atoms with Gasteiger partial charge in [0.2, 0.25) is 11.8 Å². The Labute approximate surface area is 293 Å². The second kappa shape index (κ2) is 15.9. The molecule has 0 saturated heterocycles. The lowest BCUT2D eigenvalue weighted by Crippen LogP contribution is -2.56. The third kappa shape index (κ3) is 9.52. The van der Waals surface area contributed by atoms with Crippen LogP contribution in [0.3, 0.4) is 0 Å². The summed E-state index contributed by atoms with van der Waals surface area (Å²) in [5.74, 6) is -0.504. The van der Waals surface area contributed by atoms with E-state index in [2.05, 4.69) is 5.32 Å². The molecule has 1 N–H and O–H groups in total. The number of amides is 2. The summed E-state index contributed by atoms with van der Waals surface area (Å²) < 4.78 is 35.1. The van der Waals surface area contributed by atoms with Gasteiger partial charge < -0.3 is 15.0 Å². The number of carbonyl (C=O) groups is 2. The van der Waals surface area contributed by atoms with E-state index < -0.39 is 40.0 Å². The Balaban J connectivity index is 1.84. The number of anilines is 1. The van der Waals surface area contributed by atoms with E-state index in [1.807, 2.05) is 65.0 Å². The first-order valence-electron chi connectivity index (χ1n) is 15.6. The molecule has 0 radical (unpaired) electrons. The zero-order valence-corrected chi connectivity index (χ0v) is 30.1. The average molecular weight is 711 g/mol.